The number of likely N-dealkylation sites (tertiary alicyclic amines) is 1. The Hall–Kier alpha value is -0.410. The van der Waals surface area contributed by atoms with E-state index in [1.807, 2.05) is 0 Å². The fourth-order valence-corrected chi connectivity index (χ4v) is 3.47. The molecule has 1 saturated heterocycles. The van der Waals surface area contributed by atoms with E-state index in [4.69, 9.17) is 0 Å². The molecule has 0 saturated carbocycles. The van der Waals surface area contributed by atoms with Crippen LogP contribution in [-0.4, -0.2) is 23.0 Å². The van der Waals surface area contributed by atoms with Gasteiger partial charge in [0.2, 0.25) is 0 Å². The van der Waals surface area contributed by atoms with E-state index in [0.717, 1.165) is 24.8 Å². The molecule has 1 fully saturated rings. The maximum absolute atomic E-state index is 4.65. The van der Waals surface area contributed by atoms with Crippen molar-refractivity contribution < 1.29 is 0 Å². The van der Waals surface area contributed by atoms with Crippen molar-refractivity contribution in [1.82, 2.24) is 9.88 Å². The fourth-order valence-electron chi connectivity index (χ4n) is 2.73. The molecule has 2 heterocycles. The predicted octanol–water partition coefficient (Wildman–Crippen LogP) is 3.18. The average Bonchev–Trinajstić information content (AvgIpc) is 2.64. The van der Waals surface area contributed by atoms with Gasteiger partial charge in [-0.15, -0.1) is 11.3 Å². The Morgan fingerprint density at radius 3 is 2.62 bits per heavy atom. The second-order valence-electron chi connectivity index (χ2n) is 5.23. The zero-order chi connectivity index (χ0) is 11.5. The molecule has 0 radical (unpaired) electrons. The molecule has 1 aliphatic rings. The number of nitrogens with zero attached hydrogens (tertiary/aromatic N) is 2. The van der Waals surface area contributed by atoms with E-state index in [2.05, 4.69) is 36.0 Å². The fraction of sp³-hybridized carbons (Fsp3) is 0.769. The first kappa shape index (κ1) is 12.1. The van der Waals surface area contributed by atoms with Crippen LogP contribution in [0.3, 0.4) is 0 Å². The van der Waals surface area contributed by atoms with Gasteiger partial charge < -0.3 is 0 Å². The van der Waals surface area contributed by atoms with E-state index in [0.29, 0.717) is 0 Å². The molecule has 1 aromatic heterocycles. The molecule has 1 aliphatic heterocycles. The summed E-state index contributed by atoms with van der Waals surface area (Å²) in [7, 11) is 0. The molecule has 2 rings (SSSR count). The molecule has 0 aliphatic carbocycles. The molecule has 0 spiro atoms. The largest absolute Gasteiger partial charge is 0.297 e. The van der Waals surface area contributed by atoms with Gasteiger partial charge in [-0.05, 0) is 24.7 Å². The van der Waals surface area contributed by atoms with E-state index >= 15 is 0 Å². The van der Waals surface area contributed by atoms with Gasteiger partial charge in [0.15, 0.2) is 0 Å². The second kappa shape index (κ2) is 5.28. The van der Waals surface area contributed by atoms with Gasteiger partial charge in [0.25, 0.3) is 0 Å². The van der Waals surface area contributed by atoms with Crippen LogP contribution in [0.4, 0.5) is 0 Å². The summed E-state index contributed by atoms with van der Waals surface area (Å²) in [5.74, 6) is 1.68. The van der Waals surface area contributed by atoms with Crippen LogP contribution >= 0.6 is 11.3 Å². The van der Waals surface area contributed by atoms with Gasteiger partial charge in [-0.1, -0.05) is 20.8 Å². The molecular formula is C13H22N2S. The second-order valence-corrected chi connectivity index (χ2v) is 6.17. The number of aromatic nitrogens is 1. The molecule has 2 nitrogen and oxygen atoms in total. The molecule has 0 N–H and O–H groups in total. The van der Waals surface area contributed by atoms with Gasteiger partial charge in [0.1, 0.15) is 0 Å². The van der Waals surface area contributed by atoms with Gasteiger partial charge >= 0.3 is 0 Å². The predicted molar refractivity (Wildman–Crippen MR) is 69.7 cm³/mol. The monoisotopic (exact) mass is 238 g/mol. The third-order valence-corrected chi connectivity index (χ3v) is 4.27. The van der Waals surface area contributed by atoms with Gasteiger partial charge in [-0.25, -0.2) is 4.98 Å². The summed E-state index contributed by atoms with van der Waals surface area (Å²) >= 11 is 1.80. The molecular weight excluding hydrogens is 216 g/mol. The highest BCUT2D eigenvalue weighted by Gasteiger charge is 2.22. The highest BCUT2D eigenvalue weighted by molar-refractivity contribution is 7.09. The van der Waals surface area contributed by atoms with Crippen LogP contribution in [0.5, 0.6) is 0 Å². The molecule has 0 bridgehead atoms. The Labute approximate surface area is 103 Å². The molecule has 0 aromatic carbocycles. The molecule has 0 unspecified atom stereocenters. The highest BCUT2D eigenvalue weighted by atomic mass is 32.1. The van der Waals surface area contributed by atoms with E-state index < -0.39 is 0 Å². The van der Waals surface area contributed by atoms with Crippen molar-refractivity contribution >= 4 is 11.3 Å². The zero-order valence-corrected chi connectivity index (χ0v) is 11.4. The maximum Gasteiger partial charge on any atom is 0.0926 e. The SMILES string of the molecule is CCc1nc(CN2C[C@H](C)C[C@H](C)C2)cs1. The lowest BCUT2D eigenvalue weighted by molar-refractivity contribution is 0.133. The van der Waals surface area contributed by atoms with Crippen LogP contribution in [0.15, 0.2) is 5.38 Å². The lowest BCUT2D eigenvalue weighted by Crippen LogP contribution is -2.38. The summed E-state index contributed by atoms with van der Waals surface area (Å²) in [6, 6.07) is 0. The number of rotatable bonds is 3. The lowest BCUT2D eigenvalue weighted by atomic mass is 9.92. The third kappa shape index (κ3) is 3.05. The average molecular weight is 238 g/mol. The van der Waals surface area contributed by atoms with Crippen LogP contribution in [0, 0.1) is 11.8 Å². The molecule has 2 atom stereocenters. The van der Waals surface area contributed by atoms with Crippen molar-refractivity contribution in [2.75, 3.05) is 13.1 Å². The summed E-state index contributed by atoms with van der Waals surface area (Å²) in [6.45, 7) is 10.4. The van der Waals surface area contributed by atoms with Crippen LogP contribution in [-0.2, 0) is 13.0 Å². The Balaban J connectivity index is 1.93. The number of thiazole rings is 1. The first-order valence-electron chi connectivity index (χ1n) is 6.33. The summed E-state index contributed by atoms with van der Waals surface area (Å²) in [5.41, 5.74) is 1.27. The van der Waals surface area contributed by atoms with Crippen molar-refractivity contribution in [1.29, 1.82) is 0 Å². The maximum atomic E-state index is 4.65. The van der Waals surface area contributed by atoms with Crippen molar-refractivity contribution in [2.24, 2.45) is 11.8 Å². The lowest BCUT2D eigenvalue weighted by Gasteiger charge is -2.34. The van der Waals surface area contributed by atoms with E-state index in [-0.39, 0.29) is 0 Å². The van der Waals surface area contributed by atoms with Crippen LogP contribution in [0.2, 0.25) is 0 Å². The number of hydrogen-bond donors (Lipinski definition) is 0. The summed E-state index contributed by atoms with van der Waals surface area (Å²) in [4.78, 5) is 7.21. The van der Waals surface area contributed by atoms with Crippen LogP contribution in [0.1, 0.15) is 37.9 Å². The number of hydrogen-bond acceptors (Lipinski definition) is 3. The summed E-state index contributed by atoms with van der Waals surface area (Å²) in [5, 5.41) is 3.50. The molecule has 1 aromatic rings. The van der Waals surface area contributed by atoms with E-state index in [1.54, 1.807) is 11.3 Å². The van der Waals surface area contributed by atoms with Crippen molar-refractivity contribution in [3.05, 3.63) is 16.1 Å². The van der Waals surface area contributed by atoms with Gasteiger partial charge in [-0.2, -0.15) is 0 Å². The van der Waals surface area contributed by atoms with Gasteiger partial charge in [0, 0.05) is 25.0 Å². The Morgan fingerprint density at radius 1 is 1.38 bits per heavy atom. The molecule has 0 amide bonds. The summed E-state index contributed by atoms with van der Waals surface area (Å²) < 4.78 is 0. The number of piperidine rings is 1. The first-order chi connectivity index (χ1) is 7.67. The number of aryl methyl sites for hydroxylation is 1. The summed E-state index contributed by atoms with van der Waals surface area (Å²) in [6.07, 6.45) is 2.45. The van der Waals surface area contributed by atoms with Gasteiger partial charge in [0.05, 0.1) is 10.7 Å². The van der Waals surface area contributed by atoms with Crippen LogP contribution < -0.4 is 0 Å². The van der Waals surface area contributed by atoms with E-state index in [1.165, 1.54) is 30.2 Å². The minimum atomic E-state index is 0.841. The van der Waals surface area contributed by atoms with E-state index in [9.17, 15) is 0 Å². The normalized spacial score (nSPS) is 27.2. The smallest absolute Gasteiger partial charge is 0.0926 e. The molecule has 3 heteroatoms. The minimum absolute atomic E-state index is 0.841. The van der Waals surface area contributed by atoms with Crippen LogP contribution in [0.25, 0.3) is 0 Å². The third-order valence-electron chi connectivity index (χ3n) is 3.23. The highest BCUT2D eigenvalue weighted by Crippen LogP contribution is 2.22. The minimum Gasteiger partial charge on any atom is -0.297 e. The zero-order valence-electron chi connectivity index (χ0n) is 10.6. The molecule has 90 valence electrons. The first-order valence-corrected chi connectivity index (χ1v) is 7.21. The Bertz CT molecular complexity index is 324. The Kier molecular flexibility index (Phi) is 3.98. The topological polar surface area (TPSA) is 16.1 Å². The van der Waals surface area contributed by atoms with Crippen molar-refractivity contribution in [3.8, 4) is 0 Å². The van der Waals surface area contributed by atoms with Crippen molar-refractivity contribution in [2.45, 2.75) is 40.2 Å². The molecule has 16 heavy (non-hydrogen) atoms. The standard InChI is InChI=1S/C13H22N2S/c1-4-13-14-12(9-16-13)8-15-6-10(2)5-11(3)7-15/h9-11H,4-8H2,1-3H3/t10-,11+. The van der Waals surface area contributed by atoms with Gasteiger partial charge in [-0.3, -0.25) is 4.90 Å². The van der Waals surface area contributed by atoms with Crippen molar-refractivity contribution in [3.63, 3.8) is 0 Å². The quantitative estimate of drug-likeness (QED) is 0.804. The Morgan fingerprint density at radius 2 is 2.06 bits per heavy atom.